The topological polar surface area (TPSA) is 45.6 Å². The Bertz CT molecular complexity index is 826. The lowest BCUT2D eigenvalue weighted by molar-refractivity contribution is -0.137. The Kier molecular flexibility index (Phi) is 8.07. The molecule has 0 radical (unpaired) electrons. The molecule has 2 rings (SSSR count). The van der Waals surface area contributed by atoms with E-state index in [0.717, 1.165) is 42.4 Å². The molecule has 0 spiro atoms. The zero-order valence-corrected chi connectivity index (χ0v) is 16.6. The van der Waals surface area contributed by atoms with E-state index < -0.39 is 11.7 Å². The van der Waals surface area contributed by atoms with Crippen molar-refractivity contribution in [2.75, 3.05) is 11.9 Å². The summed E-state index contributed by atoms with van der Waals surface area (Å²) in [7, 11) is 0. The SMILES string of the molecule is CCCCOc1ccc(/C=N/NC(=S)Nc2cc(C(F)(F)F)ccc2Cl)cc1. The molecule has 2 N–H and O–H groups in total. The zero-order valence-electron chi connectivity index (χ0n) is 15.0. The third-order valence-corrected chi connectivity index (χ3v) is 4.09. The van der Waals surface area contributed by atoms with Gasteiger partial charge in [0.25, 0.3) is 0 Å². The minimum atomic E-state index is -4.47. The van der Waals surface area contributed by atoms with Crippen LogP contribution >= 0.6 is 23.8 Å². The van der Waals surface area contributed by atoms with Crippen molar-refractivity contribution in [3.05, 3.63) is 58.6 Å². The smallest absolute Gasteiger partial charge is 0.416 e. The van der Waals surface area contributed by atoms with Crippen molar-refractivity contribution < 1.29 is 17.9 Å². The number of halogens is 4. The van der Waals surface area contributed by atoms with Crippen LogP contribution < -0.4 is 15.5 Å². The highest BCUT2D eigenvalue weighted by Gasteiger charge is 2.31. The third-order valence-electron chi connectivity index (χ3n) is 3.57. The number of nitrogens with zero attached hydrogens (tertiary/aromatic N) is 1. The molecular formula is C19H19ClF3N3OS. The first-order chi connectivity index (χ1) is 13.3. The molecule has 28 heavy (non-hydrogen) atoms. The standard InChI is InChI=1S/C19H19ClF3N3OS/c1-2-3-10-27-15-7-4-13(5-8-15)12-24-26-18(28)25-17-11-14(19(21,22)23)6-9-16(17)20/h4-9,11-12H,2-3,10H2,1H3,(H2,25,26,28)/b24-12+. The van der Waals surface area contributed by atoms with Crippen LogP contribution in [0.5, 0.6) is 5.75 Å². The van der Waals surface area contributed by atoms with Crippen LogP contribution in [0.25, 0.3) is 0 Å². The predicted octanol–water partition coefficient (Wildman–Crippen LogP) is 5.86. The van der Waals surface area contributed by atoms with Crippen molar-refractivity contribution in [3.63, 3.8) is 0 Å². The molecular weight excluding hydrogens is 411 g/mol. The lowest BCUT2D eigenvalue weighted by Crippen LogP contribution is -2.24. The van der Waals surface area contributed by atoms with Crippen LogP contribution in [0.3, 0.4) is 0 Å². The van der Waals surface area contributed by atoms with E-state index in [1.165, 1.54) is 6.21 Å². The van der Waals surface area contributed by atoms with Gasteiger partial charge >= 0.3 is 6.18 Å². The molecule has 0 amide bonds. The van der Waals surface area contributed by atoms with E-state index in [1.54, 1.807) is 0 Å². The normalized spacial score (nSPS) is 11.5. The van der Waals surface area contributed by atoms with Crippen LogP contribution in [-0.2, 0) is 6.18 Å². The van der Waals surface area contributed by atoms with E-state index in [1.807, 2.05) is 24.3 Å². The average molecular weight is 430 g/mol. The number of ether oxygens (including phenoxy) is 1. The number of hydrazone groups is 1. The minimum Gasteiger partial charge on any atom is -0.494 e. The van der Waals surface area contributed by atoms with Gasteiger partial charge in [-0.15, -0.1) is 0 Å². The number of thiocarbonyl (C=S) groups is 1. The Morgan fingerprint density at radius 3 is 2.57 bits per heavy atom. The lowest BCUT2D eigenvalue weighted by Gasteiger charge is -2.12. The monoisotopic (exact) mass is 429 g/mol. The summed E-state index contributed by atoms with van der Waals surface area (Å²) in [4.78, 5) is 0. The molecule has 0 atom stereocenters. The van der Waals surface area contributed by atoms with Gasteiger partial charge in [-0.25, -0.2) is 0 Å². The Morgan fingerprint density at radius 1 is 1.21 bits per heavy atom. The number of hydrogen-bond donors (Lipinski definition) is 2. The van der Waals surface area contributed by atoms with Crippen LogP contribution in [0.15, 0.2) is 47.6 Å². The number of benzene rings is 2. The van der Waals surface area contributed by atoms with Gasteiger partial charge in [-0.1, -0.05) is 24.9 Å². The number of anilines is 1. The number of unbranched alkanes of at least 4 members (excludes halogenated alkanes) is 1. The van der Waals surface area contributed by atoms with Crippen LogP contribution in [0.1, 0.15) is 30.9 Å². The highest BCUT2D eigenvalue weighted by molar-refractivity contribution is 7.80. The maximum atomic E-state index is 12.8. The van der Waals surface area contributed by atoms with Gasteiger partial charge in [0.05, 0.1) is 29.1 Å². The van der Waals surface area contributed by atoms with Gasteiger partial charge in [-0.05, 0) is 66.7 Å². The second-order valence-electron chi connectivity index (χ2n) is 5.79. The van der Waals surface area contributed by atoms with Gasteiger partial charge in [0.2, 0.25) is 0 Å². The molecule has 0 aliphatic heterocycles. The molecule has 0 saturated heterocycles. The highest BCUT2D eigenvalue weighted by Crippen LogP contribution is 2.33. The van der Waals surface area contributed by atoms with E-state index in [4.69, 9.17) is 28.6 Å². The number of hydrogen-bond acceptors (Lipinski definition) is 3. The molecule has 2 aromatic carbocycles. The summed E-state index contributed by atoms with van der Waals surface area (Å²) in [6.45, 7) is 2.76. The van der Waals surface area contributed by atoms with E-state index in [0.29, 0.717) is 6.61 Å². The molecule has 0 bridgehead atoms. The van der Waals surface area contributed by atoms with E-state index >= 15 is 0 Å². The Balaban J connectivity index is 1.90. The molecule has 150 valence electrons. The van der Waals surface area contributed by atoms with Gasteiger partial charge in [0.1, 0.15) is 5.75 Å². The second kappa shape index (κ2) is 10.3. The molecule has 0 heterocycles. The number of alkyl halides is 3. The fraction of sp³-hybridized carbons (Fsp3) is 0.263. The molecule has 4 nitrogen and oxygen atoms in total. The summed E-state index contributed by atoms with van der Waals surface area (Å²) in [5.41, 5.74) is 2.55. The van der Waals surface area contributed by atoms with Gasteiger partial charge < -0.3 is 10.1 Å². The van der Waals surface area contributed by atoms with Crippen molar-refractivity contribution in [2.45, 2.75) is 25.9 Å². The van der Waals surface area contributed by atoms with E-state index in [9.17, 15) is 13.2 Å². The molecule has 2 aromatic rings. The Labute approximate surface area is 171 Å². The fourth-order valence-electron chi connectivity index (χ4n) is 2.10. The summed E-state index contributed by atoms with van der Waals surface area (Å²) in [6, 6.07) is 10.3. The first-order valence-electron chi connectivity index (χ1n) is 8.49. The van der Waals surface area contributed by atoms with E-state index in [2.05, 4.69) is 22.8 Å². The summed E-state index contributed by atoms with van der Waals surface area (Å²) in [5, 5.41) is 6.68. The highest BCUT2D eigenvalue weighted by atomic mass is 35.5. The zero-order chi connectivity index (χ0) is 20.6. The van der Waals surface area contributed by atoms with Gasteiger partial charge in [0, 0.05) is 0 Å². The first-order valence-corrected chi connectivity index (χ1v) is 9.28. The van der Waals surface area contributed by atoms with Crippen molar-refractivity contribution in [1.29, 1.82) is 0 Å². The number of nitrogens with one attached hydrogen (secondary N) is 2. The Morgan fingerprint density at radius 2 is 1.93 bits per heavy atom. The minimum absolute atomic E-state index is 0.0111. The maximum Gasteiger partial charge on any atom is 0.416 e. The van der Waals surface area contributed by atoms with Crippen molar-refractivity contribution in [1.82, 2.24) is 5.43 Å². The molecule has 0 aliphatic rings. The van der Waals surface area contributed by atoms with Crippen molar-refractivity contribution in [2.24, 2.45) is 5.10 Å². The summed E-state index contributed by atoms with van der Waals surface area (Å²) < 4.78 is 43.9. The van der Waals surface area contributed by atoms with Crippen LogP contribution in [0, 0.1) is 0 Å². The van der Waals surface area contributed by atoms with Crippen molar-refractivity contribution in [3.8, 4) is 5.75 Å². The molecule has 9 heteroatoms. The molecule has 0 unspecified atom stereocenters. The van der Waals surface area contributed by atoms with E-state index in [-0.39, 0.29) is 15.8 Å². The Hall–Kier alpha value is -2.32. The van der Waals surface area contributed by atoms with Crippen LogP contribution in [0.4, 0.5) is 18.9 Å². The summed E-state index contributed by atoms with van der Waals surface area (Å²) in [6.07, 6.45) is -0.887. The summed E-state index contributed by atoms with van der Waals surface area (Å²) in [5.74, 6) is 0.773. The van der Waals surface area contributed by atoms with Crippen molar-refractivity contribution >= 4 is 40.8 Å². The molecule has 0 saturated carbocycles. The average Bonchev–Trinajstić information content (AvgIpc) is 2.64. The second-order valence-corrected chi connectivity index (χ2v) is 6.60. The van der Waals surface area contributed by atoms with Crippen LogP contribution in [0.2, 0.25) is 5.02 Å². The quantitative estimate of drug-likeness (QED) is 0.250. The lowest BCUT2D eigenvalue weighted by atomic mass is 10.2. The first kappa shape index (κ1) is 22.0. The van der Waals surface area contributed by atoms with Gasteiger partial charge in [-0.2, -0.15) is 18.3 Å². The molecule has 0 aromatic heterocycles. The van der Waals surface area contributed by atoms with Gasteiger partial charge in [0.15, 0.2) is 5.11 Å². The fourth-order valence-corrected chi connectivity index (χ4v) is 2.43. The summed E-state index contributed by atoms with van der Waals surface area (Å²) >= 11 is 10.9. The number of rotatable bonds is 7. The third kappa shape index (κ3) is 7.01. The molecule has 0 fully saturated rings. The van der Waals surface area contributed by atoms with Crippen LogP contribution in [-0.4, -0.2) is 17.9 Å². The predicted molar refractivity (Wildman–Crippen MR) is 110 cm³/mol. The van der Waals surface area contributed by atoms with Gasteiger partial charge in [-0.3, -0.25) is 5.43 Å². The molecule has 0 aliphatic carbocycles. The maximum absolute atomic E-state index is 12.8. The largest absolute Gasteiger partial charge is 0.494 e.